The maximum atomic E-state index is 13.7. The van der Waals surface area contributed by atoms with Crippen LogP contribution in [0, 0.1) is 11.2 Å². The summed E-state index contributed by atoms with van der Waals surface area (Å²) in [7, 11) is 0. The molecule has 0 bridgehead atoms. The summed E-state index contributed by atoms with van der Waals surface area (Å²) in [6.07, 6.45) is -3.80. The van der Waals surface area contributed by atoms with Gasteiger partial charge < -0.3 is 15.4 Å². The molecule has 0 saturated carbocycles. The lowest BCUT2D eigenvalue weighted by molar-refractivity contribution is -0.143. The molecule has 2 atom stereocenters. The van der Waals surface area contributed by atoms with Gasteiger partial charge in [-0.25, -0.2) is 9.18 Å². The molecule has 5 nitrogen and oxygen atoms in total. The van der Waals surface area contributed by atoms with E-state index in [1.165, 1.54) is 17.0 Å². The summed E-state index contributed by atoms with van der Waals surface area (Å²) in [5.41, 5.74) is -0.374. The van der Waals surface area contributed by atoms with Crippen LogP contribution in [0.5, 0.6) is 5.75 Å². The summed E-state index contributed by atoms with van der Waals surface area (Å²) in [5.74, 6) is -0.395. The number of nitrogens with one attached hydrogen (secondary N) is 2. The topological polar surface area (TPSA) is 53.6 Å². The third-order valence-corrected chi connectivity index (χ3v) is 4.60. The highest BCUT2D eigenvalue weighted by atomic mass is 19.4. The number of hydrogen-bond acceptors (Lipinski definition) is 3. The van der Waals surface area contributed by atoms with E-state index in [1.54, 1.807) is 12.1 Å². The second kappa shape index (κ2) is 8.98. The number of carbonyl (C=O) groups is 1. The number of ether oxygens (including phenoxy) is 1. The van der Waals surface area contributed by atoms with E-state index in [0.29, 0.717) is 6.42 Å². The maximum Gasteiger partial charge on any atom is 0.401 e. The van der Waals surface area contributed by atoms with Crippen molar-refractivity contribution in [1.82, 2.24) is 15.5 Å². The Hall–Kier alpha value is -2.03. The van der Waals surface area contributed by atoms with Gasteiger partial charge in [0.1, 0.15) is 6.61 Å². The van der Waals surface area contributed by atoms with E-state index in [9.17, 15) is 22.4 Å². The number of likely N-dealkylation sites (tertiary alicyclic amines) is 1. The highest BCUT2D eigenvalue weighted by Gasteiger charge is 2.35. The number of alkyl halides is 3. The molecule has 0 spiro atoms. The molecule has 1 aliphatic heterocycles. The molecule has 1 aromatic rings. The molecular formula is C19H27F4N3O2. The van der Waals surface area contributed by atoms with Gasteiger partial charge in [-0.2, -0.15) is 13.2 Å². The molecule has 1 aliphatic rings. The van der Waals surface area contributed by atoms with E-state index in [0.717, 1.165) is 0 Å². The molecule has 1 aromatic carbocycles. The van der Waals surface area contributed by atoms with Gasteiger partial charge in [-0.05, 0) is 24.0 Å². The predicted octanol–water partition coefficient (Wildman–Crippen LogP) is 3.56. The van der Waals surface area contributed by atoms with Crippen LogP contribution in [0.2, 0.25) is 0 Å². The van der Waals surface area contributed by atoms with Gasteiger partial charge in [0.05, 0.1) is 12.6 Å². The third-order valence-electron chi connectivity index (χ3n) is 4.60. The quantitative estimate of drug-likeness (QED) is 0.712. The molecular weight excluding hydrogens is 378 g/mol. The number of halogens is 4. The van der Waals surface area contributed by atoms with Gasteiger partial charge in [0, 0.05) is 19.1 Å². The van der Waals surface area contributed by atoms with E-state index in [4.69, 9.17) is 4.74 Å². The number of nitrogens with zero attached hydrogens (tertiary/aromatic N) is 1. The van der Waals surface area contributed by atoms with Crippen LogP contribution in [0.1, 0.15) is 27.2 Å². The zero-order valence-electron chi connectivity index (χ0n) is 16.3. The van der Waals surface area contributed by atoms with Crippen LogP contribution in [0.15, 0.2) is 24.3 Å². The molecule has 0 aliphatic carbocycles. The summed E-state index contributed by atoms with van der Waals surface area (Å²) in [6, 6.07) is 4.74. The van der Waals surface area contributed by atoms with Gasteiger partial charge in [0.25, 0.3) is 0 Å². The maximum absolute atomic E-state index is 13.7. The van der Waals surface area contributed by atoms with Crippen LogP contribution in [0.4, 0.5) is 22.4 Å². The summed E-state index contributed by atoms with van der Waals surface area (Å²) in [5, 5.41) is 5.52. The number of hydrogen-bond donors (Lipinski definition) is 2. The normalized spacial score (nSPS) is 19.3. The van der Waals surface area contributed by atoms with E-state index < -0.39 is 30.6 Å². The second-order valence-corrected chi connectivity index (χ2v) is 8.11. The lowest BCUT2D eigenvalue weighted by atomic mass is 9.87. The Morgan fingerprint density at radius 3 is 2.57 bits per heavy atom. The predicted molar refractivity (Wildman–Crippen MR) is 97.7 cm³/mol. The van der Waals surface area contributed by atoms with Crippen molar-refractivity contribution in [1.29, 1.82) is 0 Å². The first-order valence-electron chi connectivity index (χ1n) is 9.17. The van der Waals surface area contributed by atoms with Crippen molar-refractivity contribution in [2.75, 3.05) is 26.2 Å². The zero-order valence-corrected chi connectivity index (χ0v) is 16.3. The average molecular weight is 405 g/mol. The summed E-state index contributed by atoms with van der Waals surface area (Å²) >= 11 is 0. The van der Waals surface area contributed by atoms with Crippen molar-refractivity contribution < 1.29 is 27.1 Å². The molecule has 1 fully saturated rings. The van der Waals surface area contributed by atoms with Crippen molar-refractivity contribution >= 4 is 6.03 Å². The molecule has 2 amide bonds. The molecule has 9 heteroatoms. The Balaban J connectivity index is 1.87. The number of para-hydroxylation sites is 1. The Morgan fingerprint density at radius 2 is 1.96 bits per heavy atom. The number of benzene rings is 1. The summed E-state index contributed by atoms with van der Waals surface area (Å²) in [4.78, 5) is 13.6. The van der Waals surface area contributed by atoms with Crippen LogP contribution in [-0.2, 0) is 0 Å². The van der Waals surface area contributed by atoms with E-state index in [2.05, 4.69) is 10.6 Å². The molecule has 0 radical (unpaired) electrons. The fourth-order valence-corrected chi connectivity index (χ4v) is 2.98. The van der Waals surface area contributed by atoms with Crippen LogP contribution < -0.4 is 15.4 Å². The van der Waals surface area contributed by atoms with Crippen molar-refractivity contribution in [2.45, 2.75) is 45.5 Å². The third kappa shape index (κ3) is 7.18. The fourth-order valence-electron chi connectivity index (χ4n) is 2.98. The number of amides is 2. The highest BCUT2D eigenvalue weighted by Crippen LogP contribution is 2.23. The largest absolute Gasteiger partial charge is 0.488 e. The fraction of sp³-hybridized carbons (Fsp3) is 0.632. The van der Waals surface area contributed by atoms with Crippen molar-refractivity contribution in [3.63, 3.8) is 0 Å². The first kappa shape index (κ1) is 22.3. The van der Waals surface area contributed by atoms with Crippen molar-refractivity contribution in [2.24, 2.45) is 5.41 Å². The Bertz CT molecular complexity index is 661. The number of rotatable bonds is 6. The van der Waals surface area contributed by atoms with E-state index in [-0.39, 0.29) is 36.9 Å². The molecule has 2 unspecified atom stereocenters. The van der Waals surface area contributed by atoms with E-state index >= 15 is 0 Å². The zero-order chi connectivity index (χ0) is 20.9. The van der Waals surface area contributed by atoms with Gasteiger partial charge in [0.2, 0.25) is 0 Å². The molecule has 2 rings (SSSR count). The van der Waals surface area contributed by atoms with Gasteiger partial charge in [0.15, 0.2) is 11.6 Å². The minimum Gasteiger partial charge on any atom is -0.488 e. The van der Waals surface area contributed by atoms with E-state index in [1.807, 2.05) is 20.8 Å². The standard InChI is InChI=1S/C19H27F4N3O2/c1-18(2,3)16(11-28-15-7-5-4-6-14(15)20)25-17(27)24-13-8-9-26(10-13)12-19(21,22)23/h4-7,13,16H,8-12H2,1-3H3,(H2,24,25,27). The molecule has 1 heterocycles. The van der Waals surface area contributed by atoms with Crippen LogP contribution in [-0.4, -0.2) is 55.4 Å². The molecule has 0 aromatic heterocycles. The van der Waals surface area contributed by atoms with Gasteiger partial charge >= 0.3 is 12.2 Å². The lowest BCUT2D eigenvalue weighted by Crippen LogP contribution is -2.53. The van der Waals surface area contributed by atoms with Gasteiger partial charge in [-0.3, -0.25) is 4.90 Å². The molecule has 2 N–H and O–H groups in total. The highest BCUT2D eigenvalue weighted by molar-refractivity contribution is 5.74. The van der Waals surface area contributed by atoms with Crippen LogP contribution in [0.25, 0.3) is 0 Å². The first-order chi connectivity index (χ1) is 12.9. The summed E-state index contributed by atoms with van der Waals surface area (Å²) < 4.78 is 56.6. The van der Waals surface area contributed by atoms with Gasteiger partial charge in [-0.15, -0.1) is 0 Å². The molecule has 1 saturated heterocycles. The monoisotopic (exact) mass is 405 g/mol. The second-order valence-electron chi connectivity index (χ2n) is 8.11. The smallest absolute Gasteiger partial charge is 0.401 e. The van der Waals surface area contributed by atoms with Gasteiger partial charge in [-0.1, -0.05) is 32.9 Å². The molecule has 158 valence electrons. The lowest BCUT2D eigenvalue weighted by Gasteiger charge is -2.32. The number of urea groups is 1. The summed E-state index contributed by atoms with van der Waals surface area (Å²) in [6.45, 7) is 5.23. The number of carbonyl (C=O) groups excluding carboxylic acids is 1. The minimum absolute atomic E-state index is 0.0583. The Labute approximate surface area is 162 Å². The Morgan fingerprint density at radius 1 is 1.29 bits per heavy atom. The van der Waals surface area contributed by atoms with Crippen molar-refractivity contribution in [3.05, 3.63) is 30.1 Å². The minimum atomic E-state index is -4.25. The SMILES string of the molecule is CC(C)(C)C(COc1ccccc1F)NC(=O)NC1CCN(CC(F)(F)F)C1. The Kier molecular flexibility index (Phi) is 7.14. The van der Waals surface area contributed by atoms with Crippen LogP contribution in [0.3, 0.4) is 0 Å². The van der Waals surface area contributed by atoms with Crippen molar-refractivity contribution in [3.8, 4) is 5.75 Å². The first-order valence-corrected chi connectivity index (χ1v) is 9.17. The van der Waals surface area contributed by atoms with Crippen LogP contribution >= 0.6 is 0 Å². The average Bonchev–Trinajstić information content (AvgIpc) is 2.96. The molecule has 28 heavy (non-hydrogen) atoms.